The molecule has 104 valence electrons. The van der Waals surface area contributed by atoms with Crippen LogP contribution in [0.4, 0.5) is 0 Å². The minimum absolute atomic E-state index is 0.265. The van der Waals surface area contributed by atoms with Crippen LogP contribution in [0, 0.1) is 0 Å². The van der Waals surface area contributed by atoms with E-state index in [2.05, 4.69) is 0 Å². The fraction of sp³-hybridized carbons (Fsp3) is 1.00. The van der Waals surface area contributed by atoms with E-state index in [1.807, 2.05) is 0 Å². The molecule has 0 aromatic rings. The SMILES string of the molecule is ClCCCC(Cl)C(Cl)C(Cl)C(Cl)C(Cl)CCCl. The molecule has 0 spiro atoms. The molecule has 0 amide bonds. The molecule has 0 N–H and O–H groups in total. The molecule has 17 heavy (non-hydrogen) atoms. The molecular formula is C10H15Cl7. The second-order valence-electron chi connectivity index (χ2n) is 3.67. The number of hydrogen-bond acceptors (Lipinski definition) is 0. The van der Waals surface area contributed by atoms with Crippen molar-refractivity contribution in [3.63, 3.8) is 0 Å². The molecule has 0 aliphatic carbocycles. The van der Waals surface area contributed by atoms with E-state index in [-0.39, 0.29) is 10.8 Å². The van der Waals surface area contributed by atoms with Crippen molar-refractivity contribution >= 4 is 81.2 Å². The maximum atomic E-state index is 6.18. The van der Waals surface area contributed by atoms with Crippen molar-refractivity contribution in [2.24, 2.45) is 0 Å². The van der Waals surface area contributed by atoms with Gasteiger partial charge in [0.15, 0.2) is 0 Å². The van der Waals surface area contributed by atoms with Gasteiger partial charge in [-0.15, -0.1) is 81.2 Å². The summed E-state index contributed by atoms with van der Waals surface area (Å²) >= 11 is 41.9. The van der Waals surface area contributed by atoms with Crippen LogP contribution in [0.3, 0.4) is 0 Å². The van der Waals surface area contributed by atoms with Gasteiger partial charge in [0.1, 0.15) is 0 Å². The maximum absolute atomic E-state index is 6.18. The molecule has 0 aliphatic rings. The van der Waals surface area contributed by atoms with E-state index in [1.165, 1.54) is 0 Å². The molecule has 0 nitrogen and oxygen atoms in total. The summed E-state index contributed by atoms with van der Waals surface area (Å²) < 4.78 is 0. The van der Waals surface area contributed by atoms with Crippen LogP contribution in [0.15, 0.2) is 0 Å². The molecule has 5 atom stereocenters. The van der Waals surface area contributed by atoms with Gasteiger partial charge in [0.25, 0.3) is 0 Å². The molecule has 0 heterocycles. The van der Waals surface area contributed by atoms with Gasteiger partial charge in [0, 0.05) is 11.8 Å². The van der Waals surface area contributed by atoms with Gasteiger partial charge in [0.05, 0.1) is 26.9 Å². The summed E-state index contributed by atoms with van der Waals surface area (Å²) in [4.78, 5) is 0. The van der Waals surface area contributed by atoms with Crippen LogP contribution in [0.5, 0.6) is 0 Å². The molecule has 0 rings (SSSR count). The van der Waals surface area contributed by atoms with Crippen LogP contribution < -0.4 is 0 Å². The Morgan fingerprint density at radius 2 is 1.06 bits per heavy atom. The standard InChI is InChI=1S/C10H15Cl7/c11-4-1-2-6(13)8(15)10(17)9(16)7(14)3-5-12/h6-10H,1-5H2. The largest absolute Gasteiger partial charge is 0.127 e. The van der Waals surface area contributed by atoms with Crippen LogP contribution in [0.1, 0.15) is 19.3 Å². The summed E-state index contributed by atoms with van der Waals surface area (Å²) in [6, 6.07) is 0. The highest BCUT2D eigenvalue weighted by Gasteiger charge is 2.33. The Balaban J connectivity index is 4.21. The first-order chi connectivity index (χ1) is 7.95. The Morgan fingerprint density at radius 1 is 0.588 bits per heavy atom. The maximum Gasteiger partial charge on any atom is 0.0692 e. The molecule has 5 unspecified atom stereocenters. The molecule has 7 heteroatoms. The van der Waals surface area contributed by atoms with E-state index < -0.39 is 16.1 Å². The van der Waals surface area contributed by atoms with Crippen molar-refractivity contribution in [2.45, 2.75) is 46.1 Å². The highest BCUT2D eigenvalue weighted by molar-refractivity contribution is 6.40. The summed E-state index contributed by atoms with van der Waals surface area (Å²) in [7, 11) is 0. The van der Waals surface area contributed by atoms with E-state index in [4.69, 9.17) is 81.2 Å². The first-order valence-corrected chi connectivity index (χ1v) is 8.53. The lowest BCUT2D eigenvalue weighted by Gasteiger charge is -2.27. The Bertz CT molecular complexity index is 189. The molecule has 0 bridgehead atoms. The second-order valence-corrected chi connectivity index (χ2v) is 7.06. The van der Waals surface area contributed by atoms with Crippen molar-refractivity contribution in [1.82, 2.24) is 0 Å². The predicted molar refractivity (Wildman–Crippen MR) is 83.5 cm³/mol. The lowest BCUT2D eigenvalue weighted by molar-refractivity contribution is 0.615. The van der Waals surface area contributed by atoms with Crippen LogP contribution in [-0.4, -0.2) is 38.6 Å². The van der Waals surface area contributed by atoms with E-state index in [9.17, 15) is 0 Å². The average molecular weight is 383 g/mol. The number of rotatable bonds is 9. The van der Waals surface area contributed by atoms with Gasteiger partial charge in [-0.2, -0.15) is 0 Å². The molecule has 0 saturated carbocycles. The second kappa shape index (κ2) is 10.8. The van der Waals surface area contributed by atoms with Crippen LogP contribution in [-0.2, 0) is 0 Å². The molecular weight excluding hydrogens is 368 g/mol. The van der Waals surface area contributed by atoms with Crippen molar-refractivity contribution < 1.29 is 0 Å². The molecule has 0 aromatic heterocycles. The zero-order valence-corrected chi connectivity index (χ0v) is 14.4. The van der Waals surface area contributed by atoms with Gasteiger partial charge in [0.2, 0.25) is 0 Å². The van der Waals surface area contributed by atoms with E-state index in [0.717, 1.165) is 6.42 Å². The summed E-state index contributed by atoms with van der Waals surface area (Å²) in [5.74, 6) is 0.985. The average Bonchev–Trinajstić information content (AvgIpc) is 2.33. The van der Waals surface area contributed by atoms with Gasteiger partial charge < -0.3 is 0 Å². The normalized spacial score (nSPS) is 20.6. The fourth-order valence-electron chi connectivity index (χ4n) is 1.27. The van der Waals surface area contributed by atoms with Gasteiger partial charge in [-0.25, -0.2) is 0 Å². The first kappa shape index (κ1) is 19.0. The Morgan fingerprint density at radius 3 is 1.47 bits per heavy atom. The third-order valence-corrected chi connectivity index (χ3v) is 5.97. The van der Waals surface area contributed by atoms with Crippen molar-refractivity contribution in [3.05, 3.63) is 0 Å². The number of halogens is 7. The highest BCUT2D eigenvalue weighted by atomic mass is 35.5. The summed E-state index contributed by atoms with van der Waals surface area (Å²) in [5.41, 5.74) is 0. The van der Waals surface area contributed by atoms with Crippen LogP contribution >= 0.6 is 81.2 Å². The quantitative estimate of drug-likeness (QED) is 0.450. The van der Waals surface area contributed by atoms with Crippen LogP contribution in [0.25, 0.3) is 0 Å². The molecule has 0 saturated heterocycles. The first-order valence-electron chi connectivity index (χ1n) is 5.28. The molecule has 0 fully saturated rings. The van der Waals surface area contributed by atoms with Crippen molar-refractivity contribution in [2.75, 3.05) is 11.8 Å². The van der Waals surface area contributed by atoms with Crippen molar-refractivity contribution in [3.8, 4) is 0 Å². The van der Waals surface area contributed by atoms with E-state index in [0.29, 0.717) is 24.6 Å². The van der Waals surface area contributed by atoms with Gasteiger partial charge >= 0.3 is 0 Å². The van der Waals surface area contributed by atoms with E-state index >= 15 is 0 Å². The molecule has 0 radical (unpaired) electrons. The zero-order valence-electron chi connectivity index (χ0n) is 9.07. The topological polar surface area (TPSA) is 0 Å². The minimum atomic E-state index is -0.498. The lowest BCUT2D eigenvalue weighted by Crippen LogP contribution is -2.37. The summed E-state index contributed by atoms with van der Waals surface area (Å²) in [5, 5.41) is -1.98. The Hall–Kier alpha value is 2.03. The third-order valence-electron chi connectivity index (χ3n) is 2.30. The third kappa shape index (κ3) is 7.40. The summed E-state index contributed by atoms with van der Waals surface area (Å²) in [6.07, 6.45) is 2.08. The molecule has 0 aliphatic heterocycles. The minimum Gasteiger partial charge on any atom is -0.127 e. The Labute approximate surface area is 138 Å². The van der Waals surface area contributed by atoms with Crippen molar-refractivity contribution in [1.29, 1.82) is 0 Å². The highest BCUT2D eigenvalue weighted by Crippen LogP contribution is 2.30. The smallest absolute Gasteiger partial charge is 0.0692 e. The lowest BCUT2D eigenvalue weighted by atomic mass is 10.1. The van der Waals surface area contributed by atoms with Gasteiger partial charge in [-0.3, -0.25) is 0 Å². The monoisotopic (exact) mass is 380 g/mol. The fourth-order valence-corrected chi connectivity index (χ4v) is 3.49. The predicted octanol–water partition coefficient (Wildman–Crippen LogP) is 5.67. The van der Waals surface area contributed by atoms with Gasteiger partial charge in [-0.1, -0.05) is 0 Å². The van der Waals surface area contributed by atoms with Crippen LogP contribution in [0.2, 0.25) is 0 Å². The van der Waals surface area contributed by atoms with Gasteiger partial charge in [-0.05, 0) is 19.3 Å². The summed E-state index contributed by atoms with van der Waals surface area (Å²) in [6.45, 7) is 0. The number of hydrogen-bond donors (Lipinski definition) is 0. The Kier molecular flexibility index (Phi) is 12.1. The number of alkyl halides is 7. The zero-order chi connectivity index (χ0) is 13.4. The van der Waals surface area contributed by atoms with E-state index in [1.54, 1.807) is 0 Å². The molecule has 0 aromatic carbocycles.